The Balaban J connectivity index is 1.72. The smallest absolute Gasteiger partial charge is 0.325 e. The number of fused-ring (bicyclic) bond motifs is 1. The number of nitrogens with one attached hydrogen (secondary N) is 3. The van der Waals surface area contributed by atoms with Gasteiger partial charge in [0, 0.05) is 17.1 Å². The molecule has 0 spiro atoms. The molecule has 0 saturated heterocycles. The lowest BCUT2D eigenvalue weighted by Gasteiger charge is -2.15. The molecular formula is C18H16F3N3O2. The van der Waals surface area contributed by atoms with Crippen LogP contribution in [0.25, 0.3) is 0 Å². The third kappa shape index (κ3) is 3.35. The van der Waals surface area contributed by atoms with Crippen LogP contribution in [0.2, 0.25) is 0 Å². The maximum absolute atomic E-state index is 12.7. The first kappa shape index (κ1) is 17.8. The molecule has 1 aliphatic heterocycles. The van der Waals surface area contributed by atoms with Gasteiger partial charge in [0.15, 0.2) is 0 Å². The van der Waals surface area contributed by atoms with E-state index in [1.807, 2.05) is 0 Å². The second kappa shape index (κ2) is 6.05. The van der Waals surface area contributed by atoms with Crippen LogP contribution in [0.3, 0.4) is 0 Å². The second-order valence-electron chi connectivity index (χ2n) is 6.50. The van der Waals surface area contributed by atoms with Crippen LogP contribution in [0.15, 0.2) is 42.5 Å². The Labute approximate surface area is 147 Å². The molecule has 0 unspecified atom stereocenters. The van der Waals surface area contributed by atoms with Gasteiger partial charge in [0.05, 0.1) is 11.0 Å². The van der Waals surface area contributed by atoms with Crippen molar-refractivity contribution in [2.24, 2.45) is 0 Å². The molecule has 26 heavy (non-hydrogen) atoms. The number of anilines is 3. The number of hydrogen-bond acceptors (Lipinski definition) is 2. The molecule has 1 aliphatic rings. The molecule has 0 aromatic heterocycles. The molecule has 0 radical (unpaired) electrons. The first-order valence-corrected chi connectivity index (χ1v) is 7.78. The molecular weight excluding hydrogens is 347 g/mol. The Bertz CT molecular complexity index is 891. The molecule has 3 rings (SSSR count). The van der Waals surface area contributed by atoms with Gasteiger partial charge in [-0.3, -0.25) is 4.79 Å². The topological polar surface area (TPSA) is 70.2 Å². The molecule has 2 aromatic carbocycles. The van der Waals surface area contributed by atoms with Crippen LogP contribution in [0.4, 0.5) is 35.0 Å². The van der Waals surface area contributed by atoms with Crippen LogP contribution in [-0.4, -0.2) is 11.9 Å². The monoisotopic (exact) mass is 363 g/mol. The first-order chi connectivity index (χ1) is 12.1. The summed E-state index contributed by atoms with van der Waals surface area (Å²) in [4.78, 5) is 24.0. The van der Waals surface area contributed by atoms with E-state index < -0.39 is 23.2 Å². The molecule has 2 aromatic rings. The van der Waals surface area contributed by atoms with Gasteiger partial charge >= 0.3 is 12.2 Å². The van der Waals surface area contributed by atoms with Crippen molar-refractivity contribution in [1.82, 2.24) is 0 Å². The average Bonchev–Trinajstić information content (AvgIpc) is 2.76. The van der Waals surface area contributed by atoms with Crippen molar-refractivity contribution in [1.29, 1.82) is 0 Å². The Morgan fingerprint density at radius 1 is 1.04 bits per heavy atom. The molecule has 3 amide bonds. The van der Waals surface area contributed by atoms with Gasteiger partial charge in [-0.15, -0.1) is 0 Å². The molecule has 0 fully saturated rings. The summed E-state index contributed by atoms with van der Waals surface area (Å²) in [7, 11) is 0. The number of amides is 3. The summed E-state index contributed by atoms with van der Waals surface area (Å²) in [5.74, 6) is -0.141. The summed E-state index contributed by atoms with van der Waals surface area (Å²) in [6.45, 7) is 3.59. The lowest BCUT2D eigenvalue weighted by molar-refractivity contribution is -0.137. The maximum Gasteiger partial charge on any atom is 0.416 e. The predicted octanol–water partition coefficient (Wildman–Crippen LogP) is 4.58. The summed E-state index contributed by atoms with van der Waals surface area (Å²) < 4.78 is 38.1. The number of carbonyl (C=O) groups excluding carboxylic acids is 2. The Morgan fingerprint density at radius 3 is 2.35 bits per heavy atom. The molecule has 0 atom stereocenters. The molecule has 0 aliphatic carbocycles. The van der Waals surface area contributed by atoms with Crippen LogP contribution < -0.4 is 16.0 Å². The highest BCUT2D eigenvalue weighted by atomic mass is 19.4. The van der Waals surface area contributed by atoms with E-state index in [1.54, 1.807) is 32.0 Å². The Morgan fingerprint density at radius 2 is 1.69 bits per heavy atom. The van der Waals surface area contributed by atoms with E-state index in [1.165, 1.54) is 12.1 Å². The van der Waals surface area contributed by atoms with E-state index in [0.717, 1.165) is 17.7 Å². The lowest BCUT2D eigenvalue weighted by Crippen LogP contribution is -2.26. The Kier molecular flexibility index (Phi) is 4.14. The van der Waals surface area contributed by atoms with Crippen molar-refractivity contribution >= 4 is 29.0 Å². The van der Waals surface area contributed by atoms with Gasteiger partial charge in [-0.2, -0.15) is 13.2 Å². The van der Waals surface area contributed by atoms with E-state index in [0.29, 0.717) is 11.4 Å². The summed E-state index contributed by atoms with van der Waals surface area (Å²) >= 11 is 0. The number of rotatable bonds is 2. The van der Waals surface area contributed by atoms with Crippen LogP contribution in [0.5, 0.6) is 0 Å². The molecule has 5 nitrogen and oxygen atoms in total. The van der Waals surface area contributed by atoms with Gasteiger partial charge in [0.1, 0.15) is 0 Å². The SMILES string of the molecule is CC1(C)C(=O)Nc2cc(NC(=O)Nc3cccc(C(F)(F)F)c3)ccc21. The van der Waals surface area contributed by atoms with Gasteiger partial charge in [0.2, 0.25) is 5.91 Å². The zero-order chi connectivity index (χ0) is 19.1. The highest BCUT2D eigenvalue weighted by molar-refractivity contribution is 6.07. The zero-order valence-electron chi connectivity index (χ0n) is 14.0. The molecule has 0 bridgehead atoms. The third-order valence-corrected chi connectivity index (χ3v) is 4.21. The minimum Gasteiger partial charge on any atom is -0.325 e. The van der Waals surface area contributed by atoms with E-state index in [4.69, 9.17) is 0 Å². The molecule has 3 N–H and O–H groups in total. The van der Waals surface area contributed by atoms with E-state index in [2.05, 4.69) is 16.0 Å². The number of halogens is 3. The highest BCUT2D eigenvalue weighted by Crippen LogP contribution is 2.38. The van der Waals surface area contributed by atoms with E-state index in [-0.39, 0.29) is 11.6 Å². The second-order valence-corrected chi connectivity index (χ2v) is 6.50. The van der Waals surface area contributed by atoms with E-state index >= 15 is 0 Å². The normalized spacial score (nSPS) is 15.2. The molecule has 136 valence electrons. The fraction of sp³-hybridized carbons (Fsp3) is 0.222. The average molecular weight is 363 g/mol. The summed E-state index contributed by atoms with van der Waals surface area (Å²) in [6.07, 6.45) is -4.49. The quantitative estimate of drug-likeness (QED) is 0.731. The predicted molar refractivity (Wildman–Crippen MR) is 92.2 cm³/mol. The zero-order valence-corrected chi connectivity index (χ0v) is 14.0. The summed E-state index contributed by atoms with van der Waals surface area (Å²) in [6, 6.07) is 8.63. The standard InChI is InChI=1S/C18H16F3N3O2/c1-17(2)13-7-6-12(9-14(13)24-15(17)25)23-16(26)22-11-5-3-4-10(8-11)18(19,20)21/h3-9H,1-2H3,(H,24,25)(H2,22,23,26). The number of benzene rings is 2. The van der Waals surface area contributed by atoms with Gasteiger partial charge < -0.3 is 16.0 Å². The number of urea groups is 1. The van der Waals surface area contributed by atoms with Crippen molar-refractivity contribution in [3.8, 4) is 0 Å². The lowest BCUT2D eigenvalue weighted by atomic mass is 9.86. The third-order valence-electron chi connectivity index (χ3n) is 4.21. The number of hydrogen-bond donors (Lipinski definition) is 3. The fourth-order valence-corrected chi connectivity index (χ4v) is 2.74. The van der Waals surface area contributed by atoms with Crippen LogP contribution in [0.1, 0.15) is 25.0 Å². The van der Waals surface area contributed by atoms with Crippen LogP contribution >= 0.6 is 0 Å². The fourth-order valence-electron chi connectivity index (χ4n) is 2.74. The Hall–Kier alpha value is -3.03. The van der Waals surface area contributed by atoms with E-state index in [9.17, 15) is 22.8 Å². The van der Waals surface area contributed by atoms with Crippen molar-refractivity contribution in [3.05, 3.63) is 53.6 Å². The summed E-state index contributed by atoms with van der Waals surface area (Å²) in [5, 5.41) is 7.64. The maximum atomic E-state index is 12.7. The molecule has 0 saturated carbocycles. The van der Waals surface area contributed by atoms with Gasteiger partial charge in [-0.05, 0) is 49.7 Å². The number of carbonyl (C=O) groups is 2. The van der Waals surface area contributed by atoms with Crippen molar-refractivity contribution in [3.63, 3.8) is 0 Å². The minimum absolute atomic E-state index is 0.0212. The van der Waals surface area contributed by atoms with Crippen molar-refractivity contribution < 1.29 is 22.8 Å². The molecule has 8 heteroatoms. The van der Waals surface area contributed by atoms with Gasteiger partial charge in [-0.25, -0.2) is 4.79 Å². The molecule has 1 heterocycles. The van der Waals surface area contributed by atoms with Gasteiger partial charge in [0.25, 0.3) is 0 Å². The minimum atomic E-state index is -4.49. The van der Waals surface area contributed by atoms with Crippen molar-refractivity contribution in [2.75, 3.05) is 16.0 Å². The van der Waals surface area contributed by atoms with Crippen molar-refractivity contribution in [2.45, 2.75) is 25.4 Å². The largest absolute Gasteiger partial charge is 0.416 e. The van der Waals surface area contributed by atoms with Gasteiger partial charge in [-0.1, -0.05) is 12.1 Å². The van der Waals surface area contributed by atoms with Crippen LogP contribution in [-0.2, 0) is 16.4 Å². The first-order valence-electron chi connectivity index (χ1n) is 7.78. The number of alkyl halides is 3. The highest BCUT2D eigenvalue weighted by Gasteiger charge is 2.38. The van der Waals surface area contributed by atoms with Crippen LogP contribution in [0, 0.1) is 0 Å². The summed E-state index contributed by atoms with van der Waals surface area (Å²) in [5.41, 5.74) is 0.328.